The number of halogens is 1. The van der Waals surface area contributed by atoms with Crippen molar-refractivity contribution in [1.82, 2.24) is 4.47 Å². The fourth-order valence-electron chi connectivity index (χ4n) is 3.33. The third-order valence-corrected chi connectivity index (χ3v) is 6.48. The van der Waals surface area contributed by atoms with Gasteiger partial charge in [0.15, 0.2) is 0 Å². The number of carboxylic acid groups (broad SMARTS) is 1. The Morgan fingerprint density at radius 2 is 1.76 bits per heavy atom. The third kappa shape index (κ3) is 4.00. The predicted molar refractivity (Wildman–Crippen MR) is 107 cm³/mol. The van der Waals surface area contributed by atoms with Crippen molar-refractivity contribution in [2.45, 2.75) is 25.2 Å². The van der Waals surface area contributed by atoms with Gasteiger partial charge in [-0.15, -0.1) is 0 Å². The highest BCUT2D eigenvalue weighted by Crippen LogP contribution is 2.35. The second-order valence-corrected chi connectivity index (χ2v) is 8.48. The minimum atomic E-state index is -4.02. The Morgan fingerprint density at radius 3 is 2.34 bits per heavy atom. The Bertz CT molecular complexity index is 1190. The standard InChI is InChI=1S/C21H20FNO5S/c1-3-23(26)29(27,28)18-8-5-14(6-9-18)21-13(2)16(11-20(24)25)10-15-4-7-17(22)12-19(15)21/h4-10,12,26H,3,11H2,1-2H3,(H,24,25). The van der Waals surface area contributed by atoms with Gasteiger partial charge in [-0.1, -0.05) is 28.7 Å². The fraction of sp³-hybridized carbons (Fsp3) is 0.190. The van der Waals surface area contributed by atoms with Crippen LogP contribution in [-0.4, -0.2) is 35.7 Å². The zero-order valence-electron chi connectivity index (χ0n) is 15.9. The van der Waals surface area contributed by atoms with Gasteiger partial charge in [0.2, 0.25) is 0 Å². The summed E-state index contributed by atoms with van der Waals surface area (Å²) in [5.74, 6) is -1.41. The lowest BCUT2D eigenvalue weighted by Gasteiger charge is -2.16. The lowest BCUT2D eigenvalue weighted by molar-refractivity contribution is -0.136. The largest absolute Gasteiger partial charge is 0.481 e. The molecule has 29 heavy (non-hydrogen) atoms. The first-order valence-corrected chi connectivity index (χ1v) is 10.3. The Balaban J connectivity index is 2.22. The second kappa shape index (κ2) is 7.90. The Morgan fingerprint density at radius 1 is 1.10 bits per heavy atom. The van der Waals surface area contributed by atoms with Crippen molar-refractivity contribution in [1.29, 1.82) is 0 Å². The number of fused-ring (bicyclic) bond motifs is 1. The molecule has 0 unspecified atom stereocenters. The van der Waals surface area contributed by atoms with E-state index in [1.165, 1.54) is 31.2 Å². The summed E-state index contributed by atoms with van der Waals surface area (Å²) >= 11 is 0. The molecule has 0 aromatic heterocycles. The molecule has 0 bridgehead atoms. The Labute approximate surface area is 167 Å². The van der Waals surface area contributed by atoms with Gasteiger partial charge in [0.25, 0.3) is 10.0 Å². The van der Waals surface area contributed by atoms with Crippen molar-refractivity contribution in [3.05, 3.63) is 65.5 Å². The minimum Gasteiger partial charge on any atom is -0.481 e. The van der Waals surface area contributed by atoms with Crippen molar-refractivity contribution in [2.75, 3.05) is 6.54 Å². The van der Waals surface area contributed by atoms with E-state index in [4.69, 9.17) is 0 Å². The van der Waals surface area contributed by atoms with Crippen molar-refractivity contribution in [2.24, 2.45) is 0 Å². The van der Waals surface area contributed by atoms with Crippen LogP contribution in [0.25, 0.3) is 21.9 Å². The highest BCUT2D eigenvalue weighted by atomic mass is 32.2. The highest BCUT2D eigenvalue weighted by molar-refractivity contribution is 7.89. The normalized spacial score (nSPS) is 11.9. The maximum atomic E-state index is 13.9. The number of nitrogens with zero attached hydrogens (tertiary/aromatic N) is 1. The molecule has 8 heteroatoms. The van der Waals surface area contributed by atoms with E-state index in [0.717, 1.165) is 0 Å². The van der Waals surface area contributed by atoms with Gasteiger partial charge in [-0.25, -0.2) is 12.8 Å². The predicted octanol–water partition coefficient (Wildman–Crippen LogP) is 3.98. The van der Waals surface area contributed by atoms with Gasteiger partial charge in [-0.05, 0) is 71.1 Å². The summed E-state index contributed by atoms with van der Waals surface area (Å²) < 4.78 is 38.7. The number of rotatable bonds is 6. The van der Waals surface area contributed by atoms with Gasteiger partial charge in [0.1, 0.15) is 5.82 Å². The van der Waals surface area contributed by atoms with E-state index in [1.807, 2.05) is 0 Å². The fourth-order valence-corrected chi connectivity index (χ4v) is 4.40. The SMILES string of the molecule is CCN(O)S(=O)(=O)c1ccc(-c2c(C)c(CC(=O)O)cc3ccc(F)cc23)cc1. The first-order chi connectivity index (χ1) is 13.6. The topological polar surface area (TPSA) is 94.9 Å². The van der Waals surface area contributed by atoms with Crippen LogP contribution in [0.2, 0.25) is 0 Å². The number of carboxylic acids is 1. The molecule has 0 radical (unpaired) electrons. The Kier molecular flexibility index (Phi) is 5.70. The summed E-state index contributed by atoms with van der Waals surface area (Å²) in [5.41, 5.74) is 2.53. The Hall–Kier alpha value is -2.81. The summed E-state index contributed by atoms with van der Waals surface area (Å²) in [6, 6.07) is 11.8. The van der Waals surface area contributed by atoms with Crippen LogP contribution in [0.15, 0.2) is 53.4 Å². The molecule has 3 aromatic carbocycles. The molecule has 3 rings (SSSR count). The summed E-state index contributed by atoms with van der Waals surface area (Å²) in [7, 11) is -4.02. The van der Waals surface area contributed by atoms with Crippen molar-refractivity contribution >= 4 is 26.8 Å². The molecule has 6 nitrogen and oxygen atoms in total. The number of hydrogen-bond acceptors (Lipinski definition) is 4. The van der Waals surface area contributed by atoms with E-state index in [-0.39, 0.29) is 22.3 Å². The molecule has 2 N–H and O–H groups in total. The van der Waals surface area contributed by atoms with Gasteiger partial charge >= 0.3 is 5.97 Å². The number of benzene rings is 3. The number of sulfonamides is 1. The maximum Gasteiger partial charge on any atom is 0.307 e. The van der Waals surface area contributed by atoms with E-state index >= 15 is 0 Å². The summed E-state index contributed by atoms with van der Waals surface area (Å²) in [4.78, 5) is 11.2. The molecule has 0 aliphatic carbocycles. The number of carbonyl (C=O) groups is 1. The molecular formula is C21H20FNO5S. The first kappa shape index (κ1) is 20.9. The molecule has 0 heterocycles. The monoisotopic (exact) mass is 417 g/mol. The lowest BCUT2D eigenvalue weighted by atomic mass is 9.89. The molecule has 0 saturated heterocycles. The minimum absolute atomic E-state index is 0.0829. The summed E-state index contributed by atoms with van der Waals surface area (Å²) in [5, 5.41) is 20.1. The number of hydrogen-bond donors (Lipinski definition) is 2. The highest BCUT2D eigenvalue weighted by Gasteiger charge is 2.22. The van der Waals surface area contributed by atoms with Gasteiger partial charge in [0, 0.05) is 6.54 Å². The van der Waals surface area contributed by atoms with Crippen LogP contribution in [0.5, 0.6) is 0 Å². The van der Waals surface area contributed by atoms with Gasteiger partial charge in [-0.2, -0.15) is 0 Å². The molecule has 0 spiro atoms. The molecule has 152 valence electrons. The van der Waals surface area contributed by atoms with Crippen LogP contribution in [0.1, 0.15) is 18.1 Å². The van der Waals surface area contributed by atoms with Crippen LogP contribution < -0.4 is 0 Å². The number of hydroxylamine groups is 1. The first-order valence-electron chi connectivity index (χ1n) is 8.90. The van der Waals surface area contributed by atoms with Crippen LogP contribution in [0.4, 0.5) is 4.39 Å². The van der Waals surface area contributed by atoms with Crippen LogP contribution >= 0.6 is 0 Å². The van der Waals surface area contributed by atoms with Gasteiger partial charge in [-0.3, -0.25) is 10.0 Å². The molecule has 3 aromatic rings. The van der Waals surface area contributed by atoms with Crippen molar-refractivity contribution in [3.8, 4) is 11.1 Å². The zero-order chi connectivity index (χ0) is 21.3. The van der Waals surface area contributed by atoms with Crippen molar-refractivity contribution < 1.29 is 27.9 Å². The van der Waals surface area contributed by atoms with Crippen LogP contribution in [-0.2, 0) is 21.2 Å². The van der Waals surface area contributed by atoms with E-state index in [9.17, 15) is 27.9 Å². The molecule has 0 amide bonds. The van der Waals surface area contributed by atoms with Gasteiger partial charge in [0.05, 0.1) is 11.3 Å². The lowest BCUT2D eigenvalue weighted by Crippen LogP contribution is -2.27. The van der Waals surface area contributed by atoms with Gasteiger partial charge < -0.3 is 5.11 Å². The molecule has 0 aliphatic heterocycles. The summed E-state index contributed by atoms with van der Waals surface area (Å²) in [6.07, 6.45) is -0.186. The van der Waals surface area contributed by atoms with Crippen LogP contribution in [0, 0.1) is 12.7 Å². The third-order valence-electron chi connectivity index (χ3n) is 4.80. The maximum absolute atomic E-state index is 13.9. The zero-order valence-corrected chi connectivity index (χ0v) is 16.7. The van der Waals surface area contributed by atoms with E-state index in [1.54, 1.807) is 31.2 Å². The smallest absolute Gasteiger partial charge is 0.307 e. The van der Waals surface area contributed by atoms with E-state index < -0.39 is 21.8 Å². The van der Waals surface area contributed by atoms with E-state index in [0.29, 0.717) is 33.0 Å². The second-order valence-electron chi connectivity index (χ2n) is 6.64. The molecule has 0 aliphatic rings. The average molecular weight is 417 g/mol. The summed E-state index contributed by atoms with van der Waals surface area (Å²) in [6.45, 7) is 3.17. The average Bonchev–Trinajstić information content (AvgIpc) is 2.68. The van der Waals surface area contributed by atoms with E-state index in [2.05, 4.69) is 0 Å². The number of aliphatic carboxylic acids is 1. The van der Waals surface area contributed by atoms with Crippen LogP contribution in [0.3, 0.4) is 0 Å². The van der Waals surface area contributed by atoms with Crippen molar-refractivity contribution in [3.63, 3.8) is 0 Å². The molecule has 0 saturated carbocycles. The molecular weight excluding hydrogens is 397 g/mol. The molecule has 0 atom stereocenters. The molecule has 0 fully saturated rings. The quantitative estimate of drug-likeness (QED) is 0.592.